The number of hydrogen-bond donors (Lipinski definition) is 0. The van der Waals surface area contributed by atoms with Crippen LogP contribution in [0.15, 0.2) is 104 Å². The van der Waals surface area contributed by atoms with E-state index in [1.807, 2.05) is 48.5 Å². The standard InChI is InChI=1S/C27H17ClN2O4/c28-22-6-2-1-5-19(22)17-33-20-11-9-18(10-12-20)16-30-27-21(15-29)25(23-7-3-13-31-23)26(34-27)24-8-4-14-32-24/h1-14,16H,17H2. The molecule has 5 rings (SSSR count). The highest BCUT2D eigenvalue weighted by Crippen LogP contribution is 2.42. The largest absolute Gasteiger partial charge is 0.489 e. The number of aliphatic imine (C=N–C) groups is 1. The van der Waals surface area contributed by atoms with Gasteiger partial charge < -0.3 is 18.0 Å². The summed E-state index contributed by atoms with van der Waals surface area (Å²) in [6.45, 7) is 0.371. The zero-order chi connectivity index (χ0) is 23.3. The molecule has 2 aromatic carbocycles. The lowest BCUT2D eigenvalue weighted by molar-refractivity contribution is 0.306. The van der Waals surface area contributed by atoms with Gasteiger partial charge in [-0.05, 0) is 60.2 Å². The lowest BCUT2D eigenvalue weighted by atomic mass is 10.1. The first-order chi connectivity index (χ1) is 16.7. The molecule has 3 aromatic heterocycles. The fraction of sp³-hybridized carbons (Fsp3) is 0.0370. The van der Waals surface area contributed by atoms with E-state index in [0.29, 0.717) is 40.2 Å². The Morgan fingerprint density at radius 1 is 0.912 bits per heavy atom. The summed E-state index contributed by atoms with van der Waals surface area (Å²) in [5.41, 5.74) is 2.48. The van der Waals surface area contributed by atoms with Crippen LogP contribution in [-0.2, 0) is 6.61 Å². The molecule has 0 aliphatic heterocycles. The SMILES string of the molecule is N#Cc1c(N=Cc2ccc(OCc3ccccc3Cl)cc2)oc(-c2ccco2)c1-c1ccco1. The molecule has 3 heterocycles. The van der Waals surface area contributed by atoms with E-state index in [1.54, 1.807) is 30.5 Å². The van der Waals surface area contributed by atoms with Gasteiger partial charge in [-0.1, -0.05) is 29.8 Å². The van der Waals surface area contributed by atoms with Gasteiger partial charge in [-0.15, -0.1) is 0 Å². The second-order valence-corrected chi connectivity index (χ2v) is 7.67. The molecular weight excluding hydrogens is 452 g/mol. The molecule has 0 radical (unpaired) electrons. The van der Waals surface area contributed by atoms with E-state index in [0.717, 1.165) is 11.1 Å². The van der Waals surface area contributed by atoms with Crippen LogP contribution in [0.1, 0.15) is 16.7 Å². The first-order valence-corrected chi connectivity index (χ1v) is 10.8. The van der Waals surface area contributed by atoms with Crippen molar-refractivity contribution in [3.8, 4) is 34.7 Å². The van der Waals surface area contributed by atoms with Crippen molar-refractivity contribution in [2.75, 3.05) is 0 Å². The molecule has 0 bridgehead atoms. The molecule has 0 aliphatic rings. The molecule has 5 aromatic rings. The molecule has 7 heteroatoms. The van der Waals surface area contributed by atoms with E-state index in [2.05, 4.69) is 11.1 Å². The van der Waals surface area contributed by atoms with Gasteiger partial charge in [0, 0.05) is 16.8 Å². The van der Waals surface area contributed by atoms with Gasteiger partial charge in [0.05, 0.1) is 18.1 Å². The molecule has 0 fully saturated rings. The van der Waals surface area contributed by atoms with E-state index in [4.69, 9.17) is 29.6 Å². The van der Waals surface area contributed by atoms with Gasteiger partial charge in [-0.3, -0.25) is 0 Å². The topological polar surface area (TPSA) is 84.8 Å². The summed E-state index contributed by atoms with van der Waals surface area (Å²) in [5, 5.41) is 10.5. The van der Waals surface area contributed by atoms with Crippen molar-refractivity contribution in [1.29, 1.82) is 5.26 Å². The van der Waals surface area contributed by atoms with E-state index in [1.165, 1.54) is 12.5 Å². The van der Waals surface area contributed by atoms with Crippen LogP contribution in [0.3, 0.4) is 0 Å². The first-order valence-electron chi connectivity index (χ1n) is 10.4. The second kappa shape index (κ2) is 9.57. The van der Waals surface area contributed by atoms with E-state index in [-0.39, 0.29) is 11.4 Å². The molecule has 0 spiro atoms. The number of ether oxygens (including phenoxy) is 1. The van der Waals surface area contributed by atoms with E-state index >= 15 is 0 Å². The highest BCUT2D eigenvalue weighted by atomic mass is 35.5. The maximum Gasteiger partial charge on any atom is 0.238 e. The van der Waals surface area contributed by atoms with Crippen LogP contribution in [0.2, 0.25) is 5.02 Å². The quantitative estimate of drug-likeness (QED) is 0.229. The average Bonchev–Trinajstić information content (AvgIpc) is 3.63. The molecule has 0 aliphatic carbocycles. The molecule has 34 heavy (non-hydrogen) atoms. The summed E-state index contributed by atoms with van der Waals surface area (Å²) in [6.07, 6.45) is 4.69. The van der Waals surface area contributed by atoms with Gasteiger partial charge >= 0.3 is 0 Å². The number of rotatable bonds is 7. The highest BCUT2D eigenvalue weighted by Gasteiger charge is 2.25. The molecule has 166 valence electrons. The van der Waals surface area contributed by atoms with E-state index in [9.17, 15) is 5.26 Å². The fourth-order valence-electron chi connectivity index (χ4n) is 3.41. The molecule has 0 saturated heterocycles. The van der Waals surface area contributed by atoms with Crippen molar-refractivity contribution >= 4 is 23.7 Å². The smallest absolute Gasteiger partial charge is 0.238 e. The number of halogens is 1. The lowest BCUT2D eigenvalue weighted by Crippen LogP contribution is -1.96. The van der Waals surface area contributed by atoms with Gasteiger partial charge in [0.2, 0.25) is 5.88 Å². The van der Waals surface area contributed by atoms with Crippen molar-refractivity contribution in [1.82, 2.24) is 0 Å². The molecule has 0 amide bonds. The number of benzene rings is 2. The van der Waals surface area contributed by atoms with Gasteiger partial charge in [0.15, 0.2) is 11.5 Å². The second-order valence-electron chi connectivity index (χ2n) is 7.26. The van der Waals surface area contributed by atoms with Crippen molar-refractivity contribution in [2.45, 2.75) is 6.61 Å². The van der Waals surface area contributed by atoms with Crippen molar-refractivity contribution in [3.05, 3.63) is 107 Å². The third-order valence-electron chi connectivity index (χ3n) is 5.08. The summed E-state index contributed by atoms with van der Waals surface area (Å²) >= 11 is 6.18. The van der Waals surface area contributed by atoms with Crippen LogP contribution in [0, 0.1) is 11.3 Å². The minimum Gasteiger partial charge on any atom is -0.489 e. The zero-order valence-corrected chi connectivity index (χ0v) is 18.5. The Kier molecular flexibility index (Phi) is 6.02. The predicted molar refractivity (Wildman–Crippen MR) is 128 cm³/mol. The van der Waals surface area contributed by atoms with Crippen molar-refractivity contribution in [3.63, 3.8) is 0 Å². The van der Waals surface area contributed by atoms with Crippen molar-refractivity contribution in [2.24, 2.45) is 4.99 Å². The maximum absolute atomic E-state index is 9.83. The summed E-state index contributed by atoms with van der Waals surface area (Å²) < 4.78 is 22.8. The first kappa shape index (κ1) is 21.4. The van der Waals surface area contributed by atoms with Gasteiger partial charge in [0.25, 0.3) is 0 Å². The molecule has 0 unspecified atom stereocenters. The number of furan rings is 3. The van der Waals surface area contributed by atoms with Crippen LogP contribution < -0.4 is 4.74 Å². The summed E-state index contributed by atoms with van der Waals surface area (Å²) in [5.74, 6) is 2.22. The Morgan fingerprint density at radius 3 is 2.32 bits per heavy atom. The average molecular weight is 469 g/mol. The Morgan fingerprint density at radius 2 is 1.65 bits per heavy atom. The van der Waals surface area contributed by atoms with Gasteiger partial charge in [-0.25, -0.2) is 4.99 Å². The van der Waals surface area contributed by atoms with Crippen molar-refractivity contribution < 1.29 is 18.0 Å². The highest BCUT2D eigenvalue weighted by molar-refractivity contribution is 6.31. The monoisotopic (exact) mass is 468 g/mol. The number of nitrogens with zero attached hydrogens (tertiary/aromatic N) is 2. The van der Waals surface area contributed by atoms with Crippen LogP contribution >= 0.6 is 11.6 Å². The minimum absolute atomic E-state index is 0.166. The van der Waals surface area contributed by atoms with E-state index < -0.39 is 0 Å². The van der Waals surface area contributed by atoms with Gasteiger partial charge in [-0.2, -0.15) is 5.26 Å². The Hall–Kier alpha value is -4.47. The molecule has 0 saturated carbocycles. The zero-order valence-electron chi connectivity index (χ0n) is 17.8. The number of hydrogen-bond acceptors (Lipinski definition) is 6. The number of nitriles is 1. The normalized spacial score (nSPS) is 11.1. The maximum atomic E-state index is 9.83. The van der Waals surface area contributed by atoms with Crippen LogP contribution in [-0.4, -0.2) is 6.21 Å². The Labute approximate surface area is 200 Å². The molecule has 0 atom stereocenters. The van der Waals surface area contributed by atoms with Crippen LogP contribution in [0.4, 0.5) is 5.88 Å². The minimum atomic E-state index is 0.166. The van der Waals surface area contributed by atoms with Crippen LogP contribution in [0.5, 0.6) is 5.75 Å². The third kappa shape index (κ3) is 4.38. The predicted octanol–water partition coefficient (Wildman–Crippen LogP) is 7.65. The van der Waals surface area contributed by atoms with Crippen LogP contribution in [0.25, 0.3) is 22.8 Å². The summed E-state index contributed by atoms with van der Waals surface area (Å²) in [4.78, 5) is 4.43. The fourth-order valence-corrected chi connectivity index (χ4v) is 3.60. The Bertz CT molecular complexity index is 1460. The summed E-state index contributed by atoms with van der Waals surface area (Å²) in [7, 11) is 0. The Balaban J connectivity index is 1.38. The van der Waals surface area contributed by atoms with Gasteiger partial charge in [0.1, 0.15) is 29.7 Å². The lowest BCUT2D eigenvalue weighted by Gasteiger charge is -2.07. The molecule has 0 N–H and O–H groups in total. The summed E-state index contributed by atoms with van der Waals surface area (Å²) in [6, 6.07) is 24.1. The molecular formula is C27H17ClN2O4. The third-order valence-corrected chi connectivity index (χ3v) is 5.45. The molecule has 6 nitrogen and oxygen atoms in total.